The van der Waals surface area contributed by atoms with Crippen molar-refractivity contribution in [1.82, 2.24) is 9.78 Å². The van der Waals surface area contributed by atoms with Gasteiger partial charge in [0, 0.05) is 24.2 Å². The van der Waals surface area contributed by atoms with Gasteiger partial charge >= 0.3 is 5.97 Å². The van der Waals surface area contributed by atoms with Crippen LogP contribution in [0, 0.1) is 0 Å². The zero-order chi connectivity index (χ0) is 12.3. The highest BCUT2D eigenvalue weighted by atomic mass is 16.4. The third-order valence-corrected chi connectivity index (χ3v) is 2.61. The second-order valence-corrected chi connectivity index (χ2v) is 4.41. The van der Waals surface area contributed by atoms with E-state index in [2.05, 4.69) is 5.10 Å². The number of carboxylic acid groups (broad SMARTS) is 1. The minimum absolute atomic E-state index is 0.0431. The number of aliphatic carboxylic acids is 1. The van der Waals surface area contributed by atoms with Crippen LogP contribution < -0.4 is 5.73 Å². The van der Waals surface area contributed by atoms with Gasteiger partial charge in [-0.15, -0.1) is 0 Å². The SMILES string of the molecule is CC(N)C(CC(=O)O)c1cnn(C(C)C)c1. The first-order valence-corrected chi connectivity index (χ1v) is 5.43. The van der Waals surface area contributed by atoms with E-state index in [-0.39, 0.29) is 24.4 Å². The largest absolute Gasteiger partial charge is 0.481 e. The highest BCUT2D eigenvalue weighted by molar-refractivity contribution is 5.68. The number of carbonyl (C=O) groups is 1. The van der Waals surface area contributed by atoms with Gasteiger partial charge in [-0.2, -0.15) is 5.10 Å². The van der Waals surface area contributed by atoms with Crippen LogP contribution in [0.3, 0.4) is 0 Å². The van der Waals surface area contributed by atoms with Gasteiger partial charge in [-0.1, -0.05) is 0 Å². The highest BCUT2D eigenvalue weighted by Crippen LogP contribution is 2.23. The maximum absolute atomic E-state index is 10.7. The van der Waals surface area contributed by atoms with Gasteiger partial charge < -0.3 is 10.8 Å². The van der Waals surface area contributed by atoms with Crippen molar-refractivity contribution >= 4 is 5.97 Å². The van der Waals surface area contributed by atoms with E-state index in [1.807, 2.05) is 31.6 Å². The van der Waals surface area contributed by atoms with E-state index >= 15 is 0 Å². The Morgan fingerprint density at radius 1 is 1.56 bits per heavy atom. The lowest BCUT2D eigenvalue weighted by molar-refractivity contribution is -0.137. The first-order chi connectivity index (χ1) is 7.41. The molecule has 16 heavy (non-hydrogen) atoms. The van der Waals surface area contributed by atoms with E-state index in [1.54, 1.807) is 6.20 Å². The third-order valence-electron chi connectivity index (χ3n) is 2.61. The minimum Gasteiger partial charge on any atom is -0.481 e. The van der Waals surface area contributed by atoms with Crippen molar-refractivity contribution in [2.24, 2.45) is 5.73 Å². The number of hydrogen-bond acceptors (Lipinski definition) is 3. The van der Waals surface area contributed by atoms with Gasteiger partial charge in [-0.25, -0.2) is 0 Å². The number of hydrogen-bond donors (Lipinski definition) is 2. The van der Waals surface area contributed by atoms with E-state index in [1.165, 1.54) is 0 Å². The molecular formula is C11H19N3O2. The third kappa shape index (κ3) is 3.06. The van der Waals surface area contributed by atoms with Gasteiger partial charge in [0.05, 0.1) is 12.6 Å². The normalized spacial score (nSPS) is 15.1. The molecule has 0 aliphatic carbocycles. The van der Waals surface area contributed by atoms with Gasteiger partial charge in [0.2, 0.25) is 0 Å². The first kappa shape index (κ1) is 12.7. The Hall–Kier alpha value is -1.36. The summed E-state index contributed by atoms with van der Waals surface area (Å²) in [6, 6.07) is 0.0771. The van der Waals surface area contributed by atoms with Crippen LogP contribution in [0.2, 0.25) is 0 Å². The van der Waals surface area contributed by atoms with Gasteiger partial charge in [0.15, 0.2) is 0 Å². The predicted octanol–water partition coefficient (Wildman–Crippen LogP) is 1.37. The molecule has 90 valence electrons. The smallest absolute Gasteiger partial charge is 0.304 e. The molecule has 2 atom stereocenters. The lowest BCUT2D eigenvalue weighted by atomic mass is 9.92. The van der Waals surface area contributed by atoms with Crippen LogP contribution in [-0.2, 0) is 4.79 Å². The molecule has 0 aromatic carbocycles. The van der Waals surface area contributed by atoms with Crippen molar-refractivity contribution in [1.29, 1.82) is 0 Å². The molecule has 0 radical (unpaired) electrons. The maximum Gasteiger partial charge on any atom is 0.304 e. The Labute approximate surface area is 95.3 Å². The Bertz CT molecular complexity index is 358. The average Bonchev–Trinajstić information content (AvgIpc) is 2.61. The maximum atomic E-state index is 10.7. The van der Waals surface area contributed by atoms with E-state index in [0.29, 0.717) is 0 Å². The standard InChI is InChI=1S/C11H19N3O2/c1-7(2)14-6-9(5-13-14)10(8(3)12)4-11(15)16/h5-8,10H,4,12H2,1-3H3,(H,15,16). The number of rotatable bonds is 5. The fourth-order valence-corrected chi connectivity index (χ4v) is 1.62. The van der Waals surface area contributed by atoms with Crippen LogP contribution in [0.15, 0.2) is 12.4 Å². The van der Waals surface area contributed by atoms with Crippen LogP contribution >= 0.6 is 0 Å². The molecule has 1 aromatic heterocycles. The number of carboxylic acids is 1. The molecule has 5 nitrogen and oxygen atoms in total. The lowest BCUT2D eigenvalue weighted by Gasteiger charge is -2.17. The Morgan fingerprint density at radius 2 is 2.19 bits per heavy atom. The van der Waals surface area contributed by atoms with Crippen LogP contribution in [0.25, 0.3) is 0 Å². The molecule has 0 bridgehead atoms. The average molecular weight is 225 g/mol. The molecule has 0 saturated carbocycles. The second-order valence-electron chi connectivity index (χ2n) is 4.41. The first-order valence-electron chi connectivity index (χ1n) is 5.43. The molecule has 5 heteroatoms. The molecule has 0 spiro atoms. The zero-order valence-corrected chi connectivity index (χ0v) is 9.92. The molecule has 1 heterocycles. The van der Waals surface area contributed by atoms with Crippen molar-refractivity contribution in [3.63, 3.8) is 0 Å². The molecule has 2 unspecified atom stereocenters. The van der Waals surface area contributed by atoms with Crippen molar-refractivity contribution in [2.75, 3.05) is 0 Å². The van der Waals surface area contributed by atoms with Crippen LogP contribution in [0.4, 0.5) is 0 Å². The zero-order valence-electron chi connectivity index (χ0n) is 9.92. The fourth-order valence-electron chi connectivity index (χ4n) is 1.62. The van der Waals surface area contributed by atoms with E-state index in [4.69, 9.17) is 10.8 Å². The van der Waals surface area contributed by atoms with Crippen molar-refractivity contribution in [2.45, 2.75) is 45.2 Å². The molecule has 3 N–H and O–H groups in total. The van der Waals surface area contributed by atoms with Gasteiger partial charge in [-0.05, 0) is 26.3 Å². The van der Waals surface area contributed by atoms with Crippen LogP contribution in [-0.4, -0.2) is 26.9 Å². The minimum atomic E-state index is -0.834. The number of nitrogens with zero attached hydrogens (tertiary/aromatic N) is 2. The quantitative estimate of drug-likeness (QED) is 0.793. The summed E-state index contributed by atoms with van der Waals surface area (Å²) < 4.78 is 1.81. The van der Waals surface area contributed by atoms with Crippen LogP contribution in [0.5, 0.6) is 0 Å². The molecule has 1 rings (SSSR count). The lowest BCUT2D eigenvalue weighted by Crippen LogP contribution is -2.26. The molecule has 0 amide bonds. The van der Waals surface area contributed by atoms with Crippen molar-refractivity contribution in [3.05, 3.63) is 18.0 Å². The molecule has 0 aliphatic heterocycles. The Balaban J connectivity index is 2.88. The summed E-state index contributed by atoms with van der Waals surface area (Å²) in [7, 11) is 0. The fraction of sp³-hybridized carbons (Fsp3) is 0.636. The highest BCUT2D eigenvalue weighted by Gasteiger charge is 2.21. The summed E-state index contributed by atoms with van der Waals surface area (Å²) in [5.41, 5.74) is 6.70. The van der Waals surface area contributed by atoms with Gasteiger partial charge in [0.1, 0.15) is 0 Å². The summed E-state index contributed by atoms with van der Waals surface area (Å²) in [6.45, 7) is 5.87. The number of nitrogens with two attached hydrogens (primary N) is 1. The van der Waals surface area contributed by atoms with E-state index in [0.717, 1.165) is 5.56 Å². The summed E-state index contributed by atoms with van der Waals surface area (Å²) in [6.07, 6.45) is 3.63. The van der Waals surface area contributed by atoms with E-state index in [9.17, 15) is 4.79 Å². The summed E-state index contributed by atoms with van der Waals surface area (Å²) >= 11 is 0. The summed E-state index contributed by atoms with van der Waals surface area (Å²) in [5, 5.41) is 13.0. The second kappa shape index (κ2) is 5.12. The Kier molecular flexibility index (Phi) is 4.06. The predicted molar refractivity (Wildman–Crippen MR) is 61.3 cm³/mol. The summed E-state index contributed by atoms with van der Waals surface area (Å²) in [5.74, 6) is -1.01. The van der Waals surface area contributed by atoms with Crippen LogP contribution in [0.1, 0.15) is 44.7 Å². The molecule has 0 saturated heterocycles. The van der Waals surface area contributed by atoms with Gasteiger partial charge in [-0.3, -0.25) is 9.48 Å². The number of aromatic nitrogens is 2. The van der Waals surface area contributed by atoms with Crippen molar-refractivity contribution in [3.8, 4) is 0 Å². The van der Waals surface area contributed by atoms with E-state index < -0.39 is 5.97 Å². The Morgan fingerprint density at radius 3 is 2.56 bits per heavy atom. The molecule has 0 fully saturated rings. The van der Waals surface area contributed by atoms with Gasteiger partial charge in [0.25, 0.3) is 0 Å². The molecule has 1 aromatic rings. The monoisotopic (exact) mass is 225 g/mol. The topological polar surface area (TPSA) is 81.1 Å². The van der Waals surface area contributed by atoms with Crippen molar-refractivity contribution < 1.29 is 9.90 Å². The molecule has 0 aliphatic rings. The molecular weight excluding hydrogens is 206 g/mol. The summed E-state index contributed by atoms with van der Waals surface area (Å²) in [4.78, 5) is 10.7.